The Kier molecular flexibility index (Phi) is 6.21. The molecular formula is C9H17NY-2. The molecule has 1 atom stereocenters. The molecule has 0 amide bonds. The van der Waals surface area contributed by atoms with E-state index in [4.69, 9.17) is 0 Å². The molecule has 0 aromatic carbocycles. The predicted octanol–water partition coefficient (Wildman–Crippen LogP) is 1.66. The molecule has 0 bridgehead atoms. The van der Waals surface area contributed by atoms with E-state index in [0.29, 0.717) is 5.92 Å². The molecule has 0 saturated carbocycles. The normalized spacial score (nSPS) is 20.7. The van der Waals surface area contributed by atoms with Crippen LogP contribution in [0.2, 0.25) is 0 Å². The third-order valence-electron chi connectivity index (χ3n) is 2.24. The van der Waals surface area contributed by atoms with Crippen molar-refractivity contribution in [2.24, 2.45) is 11.8 Å². The maximum absolute atomic E-state index is 4.11. The first-order valence-electron chi connectivity index (χ1n) is 4.07. The van der Waals surface area contributed by atoms with Crippen LogP contribution in [-0.4, -0.2) is 13.1 Å². The van der Waals surface area contributed by atoms with E-state index in [2.05, 4.69) is 26.1 Å². The number of hydrogen-bond acceptors (Lipinski definition) is 1. The summed E-state index contributed by atoms with van der Waals surface area (Å²) in [5, 5.41) is 3.24. The molecule has 1 radical (unpaired) electrons. The summed E-state index contributed by atoms with van der Waals surface area (Å²) in [5.74, 6) is 3.00. The third kappa shape index (κ3) is 4.01. The van der Waals surface area contributed by atoms with E-state index in [1.54, 1.807) is 5.92 Å². The minimum absolute atomic E-state index is 0. The largest absolute Gasteiger partial charge is 0.375 e. The van der Waals surface area contributed by atoms with Gasteiger partial charge in [-0.1, -0.05) is 19.8 Å². The quantitative estimate of drug-likeness (QED) is 0.724. The van der Waals surface area contributed by atoms with Gasteiger partial charge in [-0.05, 0) is 0 Å². The van der Waals surface area contributed by atoms with Crippen LogP contribution in [-0.2, 0) is 32.7 Å². The van der Waals surface area contributed by atoms with Gasteiger partial charge in [0.15, 0.2) is 0 Å². The summed E-state index contributed by atoms with van der Waals surface area (Å²) in [6.45, 7) is 10.9. The van der Waals surface area contributed by atoms with E-state index in [1.807, 2.05) is 0 Å². The monoisotopic (exact) mass is 228 g/mol. The standard InChI is InChI=1S/C9H17N.Y/c1-7(2)8(3)4-9-5-10-6-9;/h7-8,10H,3-6H2,1-2H3;/q-2;. The topological polar surface area (TPSA) is 12.0 Å². The molecule has 0 aromatic heterocycles. The molecule has 0 aromatic rings. The molecule has 2 heteroatoms. The van der Waals surface area contributed by atoms with Crippen LogP contribution in [0, 0.1) is 24.7 Å². The maximum atomic E-state index is 4.11. The van der Waals surface area contributed by atoms with Crippen LogP contribution in [0.15, 0.2) is 0 Å². The zero-order valence-corrected chi connectivity index (χ0v) is 10.4. The Morgan fingerprint density at radius 3 is 2.27 bits per heavy atom. The minimum Gasteiger partial charge on any atom is -0.375 e. The van der Waals surface area contributed by atoms with Gasteiger partial charge in [0.1, 0.15) is 0 Å². The molecule has 1 unspecified atom stereocenters. The van der Waals surface area contributed by atoms with Gasteiger partial charge in [0.2, 0.25) is 0 Å². The molecule has 63 valence electrons. The number of nitrogens with one attached hydrogen (secondary N) is 1. The molecule has 1 rings (SSSR count). The fraction of sp³-hybridized carbons (Fsp3) is 0.778. The summed E-state index contributed by atoms with van der Waals surface area (Å²) in [6.07, 6.45) is 1.23. The summed E-state index contributed by atoms with van der Waals surface area (Å²) >= 11 is 0. The average molecular weight is 228 g/mol. The van der Waals surface area contributed by atoms with E-state index in [9.17, 15) is 0 Å². The van der Waals surface area contributed by atoms with Crippen molar-refractivity contribution in [3.8, 4) is 0 Å². The fourth-order valence-electron chi connectivity index (χ4n) is 1.05. The first kappa shape index (κ1) is 12.1. The van der Waals surface area contributed by atoms with Gasteiger partial charge in [0.05, 0.1) is 0 Å². The molecule has 1 aliphatic heterocycles. The Bertz CT molecular complexity index is 99.7. The van der Waals surface area contributed by atoms with E-state index in [0.717, 1.165) is 19.0 Å². The third-order valence-corrected chi connectivity index (χ3v) is 2.24. The van der Waals surface area contributed by atoms with Gasteiger partial charge in [0, 0.05) is 32.7 Å². The van der Waals surface area contributed by atoms with Gasteiger partial charge in [-0.25, -0.2) is 0 Å². The van der Waals surface area contributed by atoms with Crippen molar-refractivity contribution in [3.05, 3.63) is 12.8 Å². The Morgan fingerprint density at radius 1 is 1.45 bits per heavy atom. The van der Waals surface area contributed by atoms with Crippen molar-refractivity contribution in [2.75, 3.05) is 13.1 Å². The van der Waals surface area contributed by atoms with Crippen LogP contribution in [0.3, 0.4) is 0 Å². The Morgan fingerprint density at radius 2 is 2.00 bits per heavy atom. The van der Waals surface area contributed by atoms with Crippen LogP contribution in [0.4, 0.5) is 0 Å². The second-order valence-electron chi connectivity index (χ2n) is 3.56. The van der Waals surface area contributed by atoms with Crippen molar-refractivity contribution < 1.29 is 32.7 Å². The molecular weight excluding hydrogens is 211 g/mol. The summed E-state index contributed by atoms with van der Waals surface area (Å²) < 4.78 is 0. The van der Waals surface area contributed by atoms with Crippen LogP contribution >= 0.6 is 0 Å². The van der Waals surface area contributed by atoms with Gasteiger partial charge >= 0.3 is 0 Å². The van der Waals surface area contributed by atoms with Crippen LogP contribution in [0.5, 0.6) is 0 Å². The van der Waals surface area contributed by atoms with E-state index >= 15 is 0 Å². The molecule has 11 heavy (non-hydrogen) atoms. The molecule has 1 aliphatic rings. The fourth-order valence-corrected chi connectivity index (χ4v) is 1.05. The van der Waals surface area contributed by atoms with Crippen LogP contribution in [0.1, 0.15) is 20.3 Å². The smallest absolute Gasteiger partial charge is 0 e. The summed E-state index contributed by atoms with van der Waals surface area (Å²) in [7, 11) is 0. The molecule has 1 saturated heterocycles. The van der Waals surface area contributed by atoms with Crippen LogP contribution < -0.4 is 5.32 Å². The summed E-state index contributed by atoms with van der Waals surface area (Å²) in [4.78, 5) is 0. The number of hydrogen-bond donors (Lipinski definition) is 1. The molecule has 0 aliphatic carbocycles. The second kappa shape index (κ2) is 5.67. The van der Waals surface area contributed by atoms with E-state index < -0.39 is 0 Å². The average Bonchev–Trinajstić information content (AvgIpc) is 1.77. The molecule has 0 spiro atoms. The molecule has 1 nitrogen and oxygen atoms in total. The van der Waals surface area contributed by atoms with Gasteiger partial charge in [-0.3, -0.25) is 5.92 Å². The molecule has 1 N–H and O–H groups in total. The van der Waals surface area contributed by atoms with Crippen molar-refractivity contribution >= 4 is 0 Å². The zero-order valence-electron chi connectivity index (χ0n) is 7.56. The van der Waals surface area contributed by atoms with Crippen LogP contribution in [0.25, 0.3) is 0 Å². The van der Waals surface area contributed by atoms with Crippen molar-refractivity contribution in [2.45, 2.75) is 20.3 Å². The van der Waals surface area contributed by atoms with Crippen molar-refractivity contribution in [1.29, 1.82) is 0 Å². The first-order chi connectivity index (χ1) is 4.70. The van der Waals surface area contributed by atoms with Crippen molar-refractivity contribution in [1.82, 2.24) is 5.32 Å². The SMILES string of the molecule is [CH2-]C(C[C-]1CNC1)C(C)C.[Y]. The van der Waals surface area contributed by atoms with Gasteiger partial charge in [0.25, 0.3) is 0 Å². The van der Waals surface area contributed by atoms with Crippen molar-refractivity contribution in [3.63, 3.8) is 0 Å². The Labute approximate surface area is 95.6 Å². The maximum Gasteiger partial charge on any atom is 0 e. The molecule has 1 heterocycles. The van der Waals surface area contributed by atoms with Gasteiger partial charge in [-0.2, -0.15) is 12.3 Å². The zero-order chi connectivity index (χ0) is 7.56. The van der Waals surface area contributed by atoms with E-state index in [1.165, 1.54) is 6.42 Å². The first-order valence-corrected chi connectivity index (χ1v) is 4.07. The Hall–Kier alpha value is 1.06. The molecule has 1 fully saturated rings. The summed E-state index contributed by atoms with van der Waals surface area (Å²) in [6, 6.07) is 0. The van der Waals surface area contributed by atoms with E-state index in [-0.39, 0.29) is 32.7 Å². The minimum atomic E-state index is 0. The Balaban J connectivity index is 0.000001000. The second-order valence-corrected chi connectivity index (χ2v) is 3.56. The summed E-state index contributed by atoms with van der Waals surface area (Å²) in [5.41, 5.74) is 0. The van der Waals surface area contributed by atoms with Gasteiger partial charge in [-0.15, -0.1) is 13.1 Å². The number of rotatable bonds is 3. The van der Waals surface area contributed by atoms with Gasteiger partial charge < -0.3 is 12.2 Å². The predicted molar refractivity (Wildman–Crippen MR) is 44.4 cm³/mol.